The van der Waals surface area contributed by atoms with Gasteiger partial charge in [-0.15, -0.1) is 6.58 Å². The van der Waals surface area contributed by atoms with E-state index in [1.165, 1.54) is 0 Å². The summed E-state index contributed by atoms with van der Waals surface area (Å²) < 4.78 is 0. The summed E-state index contributed by atoms with van der Waals surface area (Å²) in [5.41, 5.74) is 6.54. The first-order valence-corrected chi connectivity index (χ1v) is 2.33. The number of carbonyl (C=O) groups excluding carboxylic acids is 1. The second-order valence-corrected chi connectivity index (χ2v) is 1.27. The van der Waals surface area contributed by atoms with E-state index in [0.717, 1.165) is 0 Å². The Morgan fingerprint density at radius 1 is 1.42 bits per heavy atom. The number of carbonyl (C=O) groups is 1. The maximum absolute atomic E-state index is 10.2. The van der Waals surface area contributed by atoms with E-state index in [-0.39, 0.29) is 88.8 Å². The molecule has 0 unspecified atom stereocenters. The molecule has 68 valence electrons. The van der Waals surface area contributed by atoms with Gasteiger partial charge in [0.2, 0.25) is 0 Å². The van der Waals surface area contributed by atoms with Crippen molar-refractivity contribution in [2.75, 3.05) is 13.1 Å². The third-order valence-electron chi connectivity index (χ3n) is 0.604. The SMILES string of the molecule is C=CCNC(=O)C[NH-].O.O.[Y].[Y]. The zero-order valence-corrected chi connectivity index (χ0v) is 12.4. The van der Waals surface area contributed by atoms with Gasteiger partial charge in [-0.2, -0.15) is 0 Å². The zero-order valence-electron chi connectivity index (χ0n) is 6.76. The topological polar surface area (TPSA) is 116 Å². The molecule has 0 aliphatic carbocycles. The number of hydrogen-bond acceptors (Lipinski definition) is 1. The molecule has 0 aromatic carbocycles. The molecule has 0 atom stereocenters. The second-order valence-electron chi connectivity index (χ2n) is 1.27. The minimum absolute atomic E-state index is 0. The molecular weight excluding hydrogens is 314 g/mol. The van der Waals surface area contributed by atoms with Crippen molar-refractivity contribution in [1.82, 2.24) is 5.32 Å². The molecule has 7 heteroatoms. The number of rotatable bonds is 3. The molecule has 0 aliphatic heterocycles. The van der Waals surface area contributed by atoms with Crippen molar-refractivity contribution in [3.05, 3.63) is 18.4 Å². The predicted octanol–water partition coefficient (Wildman–Crippen LogP) is -1.31. The molecule has 0 rings (SSSR count). The van der Waals surface area contributed by atoms with E-state index < -0.39 is 0 Å². The summed E-state index contributed by atoms with van der Waals surface area (Å²) in [7, 11) is 0. The quantitative estimate of drug-likeness (QED) is 0.637. The van der Waals surface area contributed by atoms with Crippen LogP contribution in [-0.2, 0) is 70.2 Å². The fraction of sp³-hybridized carbons (Fsp3) is 0.400. The van der Waals surface area contributed by atoms with Crippen molar-refractivity contribution < 1.29 is 81.2 Å². The van der Waals surface area contributed by atoms with Crippen molar-refractivity contribution in [3.63, 3.8) is 0 Å². The van der Waals surface area contributed by atoms with Gasteiger partial charge in [-0.1, -0.05) is 12.6 Å². The van der Waals surface area contributed by atoms with Gasteiger partial charge in [0.05, 0.1) is 0 Å². The summed E-state index contributed by atoms with van der Waals surface area (Å²) in [5, 5.41) is 2.44. The third kappa shape index (κ3) is 22.5. The molecule has 1 amide bonds. The van der Waals surface area contributed by atoms with Crippen LogP contribution >= 0.6 is 0 Å². The van der Waals surface area contributed by atoms with Crippen molar-refractivity contribution in [2.24, 2.45) is 0 Å². The van der Waals surface area contributed by atoms with Gasteiger partial charge in [0, 0.05) is 72.0 Å². The molecule has 0 fully saturated rings. The van der Waals surface area contributed by atoms with Crippen LogP contribution in [0.3, 0.4) is 0 Å². The molecule has 0 heterocycles. The van der Waals surface area contributed by atoms with Crippen molar-refractivity contribution in [2.45, 2.75) is 0 Å². The van der Waals surface area contributed by atoms with E-state index in [1.807, 2.05) is 0 Å². The van der Waals surface area contributed by atoms with Gasteiger partial charge < -0.3 is 22.0 Å². The Kier molecular flexibility index (Phi) is 55.5. The van der Waals surface area contributed by atoms with Crippen LogP contribution in [0.15, 0.2) is 12.7 Å². The van der Waals surface area contributed by atoms with Gasteiger partial charge in [-0.3, -0.25) is 4.79 Å². The van der Waals surface area contributed by atoms with Crippen LogP contribution < -0.4 is 5.32 Å². The monoisotopic (exact) mass is 327 g/mol. The average Bonchev–Trinajstić information content (AvgIpc) is 1.83. The first kappa shape index (κ1) is 29.2. The molecule has 0 saturated heterocycles. The molecule has 6 N–H and O–H groups in total. The van der Waals surface area contributed by atoms with Crippen LogP contribution in [0.4, 0.5) is 0 Å². The van der Waals surface area contributed by atoms with Crippen molar-refractivity contribution >= 4 is 5.91 Å². The summed E-state index contributed by atoms with van der Waals surface area (Å²) >= 11 is 0. The Bertz CT molecular complexity index is 103. The number of nitrogens with one attached hydrogen (secondary N) is 2. The maximum Gasteiger partial charge on any atom is 0.199 e. The third-order valence-corrected chi connectivity index (χ3v) is 0.604. The molecule has 0 aromatic heterocycles. The maximum atomic E-state index is 10.2. The molecular formula is C5H13N2O3Y2-. The van der Waals surface area contributed by atoms with Crippen LogP contribution in [0.1, 0.15) is 0 Å². The van der Waals surface area contributed by atoms with E-state index in [4.69, 9.17) is 5.73 Å². The Labute approximate surface area is 122 Å². The zero-order chi connectivity index (χ0) is 6.41. The van der Waals surface area contributed by atoms with Gasteiger partial charge in [0.15, 0.2) is 5.91 Å². The van der Waals surface area contributed by atoms with E-state index >= 15 is 0 Å². The molecule has 12 heavy (non-hydrogen) atoms. The molecule has 0 aliphatic rings. The van der Waals surface area contributed by atoms with Crippen LogP contribution in [0.5, 0.6) is 0 Å². The largest absolute Gasteiger partial charge is 0.670 e. The molecule has 2 radical (unpaired) electrons. The summed E-state index contributed by atoms with van der Waals surface area (Å²) in [6.45, 7) is 3.65. The molecule has 5 nitrogen and oxygen atoms in total. The second kappa shape index (κ2) is 22.8. The molecule has 0 saturated carbocycles. The smallest absolute Gasteiger partial charge is 0.199 e. The Morgan fingerprint density at radius 3 is 2.08 bits per heavy atom. The summed E-state index contributed by atoms with van der Waals surface area (Å²) in [5.74, 6) is -0.259. The number of amides is 1. The van der Waals surface area contributed by atoms with Crippen LogP contribution in [0.2, 0.25) is 0 Å². The van der Waals surface area contributed by atoms with E-state index in [1.54, 1.807) is 6.08 Å². The normalized spacial score (nSPS) is 5.42. The fourth-order valence-corrected chi connectivity index (χ4v) is 0.249. The summed E-state index contributed by atoms with van der Waals surface area (Å²) in [6.07, 6.45) is 1.58. The van der Waals surface area contributed by atoms with E-state index in [0.29, 0.717) is 6.54 Å². The Balaban J connectivity index is -0.0000000408. The van der Waals surface area contributed by atoms with Gasteiger partial charge in [-0.25, -0.2) is 0 Å². The van der Waals surface area contributed by atoms with Crippen LogP contribution in [0, 0.1) is 0 Å². The van der Waals surface area contributed by atoms with Crippen molar-refractivity contribution in [1.29, 1.82) is 0 Å². The first-order valence-electron chi connectivity index (χ1n) is 2.33. The van der Waals surface area contributed by atoms with Crippen LogP contribution in [0.25, 0.3) is 5.73 Å². The average molecular weight is 327 g/mol. The summed E-state index contributed by atoms with van der Waals surface area (Å²) in [6, 6.07) is 0. The first-order chi connectivity index (χ1) is 3.81. The van der Waals surface area contributed by atoms with Gasteiger partial charge in [0.1, 0.15) is 0 Å². The predicted molar refractivity (Wildman–Crippen MR) is 39.6 cm³/mol. The van der Waals surface area contributed by atoms with Gasteiger partial charge in [-0.05, 0) is 0 Å². The minimum atomic E-state index is -0.259. The number of hydrogen-bond donors (Lipinski definition) is 1. The fourth-order valence-electron chi connectivity index (χ4n) is 0.249. The standard InChI is InChI=1S/C5H9N2O.2H2O.2Y/c1-2-3-7-5(8)4-6;;;;/h2,6H,1,3-4H2,(H,7,8);2*1H2;;/q-1;;;;. The summed E-state index contributed by atoms with van der Waals surface area (Å²) in [4.78, 5) is 10.2. The van der Waals surface area contributed by atoms with Gasteiger partial charge in [0.25, 0.3) is 0 Å². The Morgan fingerprint density at radius 2 is 1.83 bits per heavy atom. The Hall–Kier alpha value is 1.30. The minimum Gasteiger partial charge on any atom is -0.670 e. The molecule has 0 bridgehead atoms. The van der Waals surface area contributed by atoms with Crippen LogP contribution in [-0.4, -0.2) is 29.9 Å². The van der Waals surface area contributed by atoms with E-state index in [2.05, 4.69) is 11.9 Å². The van der Waals surface area contributed by atoms with E-state index in [9.17, 15) is 4.79 Å². The molecule has 0 aromatic rings. The van der Waals surface area contributed by atoms with Gasteiger partial charge >= 0.3 is 0 Å². The molecule has 0 spiro atoms. The van der Waals surface area contributed by atoms with Crippen molar-refractivity contribution in [3.8, 4) is 0 Å².